The van der Waals surface area contributed by atoms with Crippen molar-refractivity contribution in [2.24, 2.45) is 10.9 Å². The van der Waals surface area contributed by atoms with Crippen LogP contribution < -0.4 is 15.5 Å². The number of aromatic hydroxyl groups is 1. The lowest BCUT2D eigenvalue weighted by Gasteiger charge is -2.36. The van der Waals surface area contributed by atoms with Gasteiger partial charge in [-0.3, -0.25) is 14.7 Å². The number of anilines is 2. The van der Waals surface area contributed by atoms with Gasteiger partial charge < -0.3 is 30.9 Å². The number of nitrogens with one attached hydrogen (secondary N) is 2. The van der Waals surface area contributed by atoms with E-state index >= 15 is 0 Å². The Bertz CT molecular complexity index is 1310. The summed E-state index contributed by atoms with van der Waals surface area (Å²) in [4.78, 5) is 45.0. The van der Waals surface area contributed by atoms with Crippen LogP contribution in [0.1, 0.15) is 31.7 Å². The molecule has 2 aliphatic heterocycles. The van der Waals surface area contributed by atoms with Gasteiger partial charge in [0.1, 0.15) is 11.7 Å². The molecule has 0 aliphatic carbocycles. The van der Waals surface area contributed by atoms with E-state index in [4.69, 9.17) is 0 Å². The van der Waals surface area contributed by atoms with Gasteiger partial charge in [-0.15, -0.1) is 0 Å². The summed E-state index contributed by atoms with van der Waals surface area (Å²) in [5, 5.41) is 35.2. The van der Waals surface area contributed by atoms with Crippen LogP contribution >= 0.6 is 0 Å². The zero-order valence-electron chi connectivity index (χ0n) is 22.6. The summed E-state index contributed by atoms with van der Waals surface area (Å²) in [6.07, 6.45) is 0.783. The third kappa shape index (κ3) is 6.60. The van der Waals surface area contributed by atoms with E-state index in [9.17, 15) is 29.7 Å². The van der Waals surface area contributed by atoms with Gasteiger partial charge >= 0.3 is 18.0 Å². The van der Waals surface area contributed by atoms with Gasteiger partial charge in [0.05, 0.1) is 11.3 Å². The lowest BCUT2D eigenvalue weighted by molar-refractivity contribution is -0.140. The monoisotopic (exact) mass is 549 g/mol. The number of para-hydroxylation sites is 2. The lowest BCUT2D eigenvalue weighted by Crippen LogP contribution is -2.47. The number of phenolic OH excluding ortho intramolecular Hbond substituents is 1. The molecule has 0 spiro atoms. The van der Waals surface area contributed by atoms with Crippen molar-refractivity contribution >= 4 is 35.1 Å². The lowest BCUT2D eigenvalue weighted by atomic mass is 9.75. The average molecular weight is 550 g/mol. The molecule has 2 aromatic rings. The smallest absolute Gasteiger partial charge is 0.334 e. The highest BCUT2D eigenvalue weighted by Gasteiger charge is 2.41. The van der Waals surface area contributed by atoms with Crippen LogP contribution in [0, 0.1) is 5.92 Å². The van der Waals surface area contributed by atoms with E-state index < -0.39 is 23.8 Å². The van der Waals surface area contributed by atoms with E-state index in [0.29, 0.717) is 29.3 Å². The number of benzene rings is 2. The molecule has 11 nitrogen and oxygen atoms in total. The fourth-order valence-corrected chi connectivity index (χ4v) is 5.39. The summed E-state index contributed by atoms with van der Waals surface area (Å²) in [5.74, 6) is -4.04. The molecule has 0 aromatic heterocycles. The predicted octanol–water partition coefficient (Wildman–Crippen LogP) is 3.34. The number of rotatable bonds is 9. The predicted molar refractivity (Wildman–Crippen MR) is 152 cm³/mol. The number of allylic oxidation sites excluding steroid dienone is 1. The fourth-order valence-electron chi connectivity index (χ4n) is 5.39. The van der Waals surface area contributed by atoms with Crippen molar-refractivity contribution in [3.63, 3.8) is 0 Å². The van der Waals surface area contributed by atoms with Crippen LogP contribution in [-0.4, -0.2) is 83.2 Å². The molecule has 40 heavy (non-hydrogen) atoms. The third-order valence-electron chi connectivity index (χ3n) is 7.38. The average Bonchev–Trinajstić information content (AvgIpc) is 2.91. The maximum Gasteiger partial charge on any atom is 0.334 e. The Hall–Kier alpha value is -4.38. The molecule has 2 aliphatic rings. The number of urea groups is 1. The highest BCUT2D eigenvalue weighted by molar-refractivity contribution is 6.06. The van der Waals surface area contributed by atoms with E-state index in [-0.39, 0.29) is 17.3 Å². The molecular weight excluding hydrogens is 514 g/mol. The van der Waals surface area contributed by atoms with Gasteiger partial charge in [0.15, 0.2) is 0 Å². The number of aliphatic carboxylic acids is 2. The minimum atomic E-state index is -1.20. The summed E-state index contributed by atoms with van der Waals surface area (Å²) in [6.45, 7) is 7.89. The van der Waals surface area contributed by atoms with Crippen molar-refractivity contribution in [3.05, 3.63) is 65.4 Å². The Kier molecular flexibility index (Phi) is 9.05. The van der Waals surface area contributed by atoms with Crippen LogP contribution in [0.2, 0.25) is 0 Å². The molecule has 2 amide bonds. The number of piperazine rings is 1. The molecule has 1 saturated heterocycles. The van der Waals surface area contributed by atoms with Crippen molar-refractivity contribution in [1.29, 1.82) is 0 Å². The number of carboxylic acid groups (broad SMARTS) is 2. The molecule has 2 heterocycles. The van der Waals surface area contributed by atoms with E-state index in [1.807, 2.05) is 18.2 Å². The van der Waals surface area contributed by atoms with Crippen molar-refractivity contribution in [2.75, 3.05) is 49.5 Å². The molecule has 0 radical (unpaired) electrons. The Balaban J connectivity index is 1.25. The molecule has 0 saturated carbocycles. The quantitative estimate of drug-likeness (QED) is 0.298. The Labute approximate surface area is 232 Å². The molecule has 1 fully saturated rings. The number of phenols is 1. The minimum Gasteiger partial charge on any atom is -0.506 e. The number of carbonyl (C=O) groups is 3. The number of hydrogen-bond acceptors (Lipinski definition) is 7. The standard InChI is InChI=1S/C29H35N5O6/c1-18-24(27(36)37)26(25(28(38)39)19(2)31-18)20-8-10-21(11-9-20)32-29(40)30-12-5-13-33-14-16-34(17-15-33)22-6-3-4-7-23(22)35/h3-4,6-11,24,26,35H,5,12-17H2,1-2H3,(H,36,37)(H,38,39)(H2,30,32,40). The van der Waals surface area contributed by atoms with Gasteiger partial charge in [0, 0.05) is 55.7 Å². The second kappa shape index (κ2) is 12.6. The number of carbonyl (C=O) groups excluding carboxylic acids is 1. The molecule has 11 heteroatoms. The molecule has 5 N–H and O–H groups in total. The first-order valence-corrected chi connectivity index (χ1v) is 13.3. The second-order valence-corrected chi connectivity index (χ2v) is 10.0. The van der Waals surface area contributed by atoms with E-state index in [0.717, 1.165) is 44.8 Å². The van der Waals surface area contributed by atoms with Gasteiger partial charge in [-0.05, 0) is 56.6 Å². The summed E-state index contributed by atoms with van der Waals surface area (Å²) in [5.41, 5.74) is 2.47. The van der Waals surface area contributed by atoms with Gasteiger partial charge in [-0.2, -0.15) is 0 Å². The number of nitrogens with zero attached hydrogens (tertiary/aromatic N) is 3. The topological polar surface area (TPSA) is 155 Å². The van der Waals surface area contributed by atoms with Crippen LogP contribution in [0.4, 0.5) is 16.2 Å². The van der Waals surface area contributed by atoms with Gasteiger partial charge in [0.25, 0.3) is 0 Å². The largest absolute Gasteiger partial charge is 0.506 e. The van der Waals surface area contributed by atoms with Crippen LogP contribution in [0.3, 0.4) is 0 Å². The number of amides is 2. The summed E-state index contributed by atoms with van der Waals surface area (Å²) in [7, 11) is 0. The number of aliphatic imine (C=N–C) groups is 1. The first-order chi connectivity index (χ1) is 19.2. The Morgan fingerprint density at radius 1 is 0.975 bits per heavy atom. The maximum atomic E-state index is 12.4. The molecule has 2 unspecified atom stereocenters. The zero-order chi connectivity index (χ0) is 28.8. The van der Waals surface area contributed by atoms with Crippen molar-refractivity contribution < 1.29 is 29.7 Å². The van der Waals surface area contributed by atoms with Crippen LogP contribution in [0.25, 0.3) is 0 Å². The van der Waals surface area contributed by atoms with Crippen LogP contribution in [0.5, 0.6) is 5.75 Å². The summed E-state index contributed by atoms with van der Waals surface area (Å²) in [6, 6.07) is 13.5. The van der Waals surface area contributed by atoms with Gasteiger partial charge in [-0.1, -0.05) is 24.3 Å². The molecule has 4 rings (SSSR count). The van der Waals surface area contributed by atoms with Gasteiger partial charge in [0.2, 0.25) is 0 Å². The summed E-state index contributed by atoms with van der Waals surface area (Å²) < 4.78 is 0. The Morgan fingerprint density at radius 3 is 2.27 bits per heavy atom. The van der Waals surface area contributed by atoms with E-state index in [1.54, 1.807) is 44.2 Å². The highest BCUT2D eigenvalue weighted by Crippen LogP contribution is 2.39. The Morgan fingerprint density at radius 2 is 1.65 bits per heavy atom. The fraction of sp³-hybridized carbons (Fsp3) is 0.379. The molecule has 212 valence electrons. The van der Waals surface area contributed by atoms with Crippen LogP contribution in [0.15, 0.2) is 64.8 Å². The first-order valence-electron chi connectivity index (χ1n) is 13.3. The zero-order valence-corrected chi connectivity index (χ0v) is 22.6. The van der Waals surface area contributed by atoms with Crippen LogP contribution in [-0.2, 0) is 9.59 Å². The first kappa shape index (κ1) is 28.6. The number of carboxylic acids is 2. The van der Waals surface area contributed by atoms with Crippen molar-refractivity contribution in [1.82, 2.24) is 10.2 Å². The molecule has 0 bridgehead atoms. The number of hydrogen-bond donors (Lipinski definition) is 5. The molecule has 2 atom stereocenters. The third-order valence-corrected chi connectivity index (χ3v) is 7.38. The van der Waals surface area contributed by atoms with Crippen molar-refractivity contribution in [2.45, 2.75) is 26.2 Å². The summed E-state index contributed by atoms with van der Waals surface area (Å²) >= 11 is 0. The SMILES string of the molecule is CC1=NC(C)=C(C(=O)O)C(c2ccc(NC(=O)NCCCN3CCN(c4ccccc4O)CC3)cc2)C1C(=O)O. The minimum absolute atomic E-state index is 0.0453. The molecule has 2 aromatic carbocycles. The molecular formula is C29H35N5O6. The second-order valence-electron chi connectivity index (χ2n) is 10.0. The maximum absolute atomic E-state index is 12.4. The highest BCUT2D eigenvalue weighted by atomic mass is 16.4. The van der Waals surface area contributed by atoms with Gasteiger partial charge in [-0.25, -0.2) is 9.59 Å². The van der Waals surface area contributed by atoms with E-state index in [2.05, 4.69) is 25.4 Å². The van der Waals surface area contributed by atoms with E-state index in [1.165, 1.54) is 0 Å². The van der Waals surface area contributed by atoms with Crippen molar-refractivity contribution in [3.8, 4) is 5.75 Å². The normalized spacial score (nSPS) is 19.6.